The highest BCUT2D eigenvalue weighted by Gasteiger charge is 2.34. The fraction of sp³-hybridized carbons (Fsp3) is 1.00. The van der Waals surface area contributed by atoms with Crippen LogP contribution >= 0.6 is 0 Å². The largest absolute Gasteiger partial charge is 0.299 e. The highest BCUT2D eigenvalue weighted by Crippen LogP contribution is 2.27. The summed E-state index contributed by atoms with van der Waals surface area (Å²) < 4.78 is 0. The Morgan fingerprint density at radius 1 is 1.00 bits per heavy atom. The average Bonchev–Trinajstić information content (AvgIpc) is 2.73. The molecule has 1 N–H and O–H groups in total. The fourth-order valence-electron chi connectivity index (χ4n) is 3.11. The number of nitrogens with one attached hydrogen (secondary N) is 1. The predicted molar refractivity (Wildman–Crippen MR) is 64.9 cm³/mol. The first-order chi connectivity index (χ1) is 7.07. The van der Waals surface area contributed by atoms with Gasteiger partial charge in [-0.05, 0) is 46.5 Å². The summed E-state index contributed by atoms with van der Waals surface area (Å²) in [4.78, 5) is 2.64. The van der Waals surface area contributed by atoms with Gasteiger partial charge in [-0.1, -0.05) is 12.8 Å². The maximum atomic E-state index is 3.86. The van der Waals surface area contributed by atoms with Crippen LogP contribution in [0.3, 0.4) is 0 Å². The number of rotatable bonds is 2. The van der Waals surface area contributed by atoms with Gasteiger partial charge in [0.25, 0.3) is 0 Å². The van der Waals surface area contributed by atoms with Crippen molar-refractivity contribution in [2.75, 3.05) is 6.54 Å². The molecule has 0 amide bonds. The molecule has 0 aromatic rings. The predicted octanol–water partition coefficient (Wildman–Crippen LogP) is 2.74. The minimum Gasteiger partial charge on any atom is -0.299 e. The summed E-state index contributed by atoms with van der Waals surface area (Å²) in [5.41, 5.74) is 0.326. The van der Waals surface area contributed by atoms with Gasteiger partial charge in [-0.2, -0.15) is 0 Å². The third kappa shape index (κ3) is 2.73. The lowest BCUT2D eigenvalue weighted by atomic mass is 10.1. The van der Waals surface area contributed by atoms with Gasteiger partial charge >= 0.3 is 0 Å². The van der Waals surface area contributed by atoms with Crippen molar-refractivity contribution >= 4 is 0 Å². The highest BCUT2D eigenvalue weighted by atomic mass is 15.3. The molecule has 2 fully saturated rings. The van der Waals surface area contributed by atoms with E-state index in [1.807, 2.05) is 0 Å². The van der Waals surface area contributed by atoms with Crippen molar-refractivity contribution in [1.82, 2.24) is 10.2 Å². The lowest BCUT2D eigenvalue weighted by Crippen LogP contribution is -2.52. The maximum absolute atomic E-state index is 3.86. The van der Waals surface area contributed by atoms with Crippen molar-refractivity contribution < 1.29 is 0 Å². The van der Waals surface area contributed by atoms with Crippen LogP contribution in [0.1, 0.15) is 59.3 Å². The van der Waals surface area contributed by atoms with E-state index in [2.05, 4.69) is 31.0 Å². The summed E-state index contributed by atoms with van der Waals surface area (Å²) in [5, 5.41) is 3.86. The molecule has 1 atom stereocenters. The van der Waals surface area contributed by atoms with E-state index in [-0.39, 0.29) is 0 Å². The van der Waals surface area contributed by atoms with Gasteiger partial charge in [-0.15, -0.1) is 0 Å². The molecule has 2 nitrogen and oxygen atoms in total. The Kier molecular flexibility index (Phi) is 3.36. The zero-order chi connectivity index (χ0) is 10.9. The van der Waals surface area contributed by atoms with Crippen molar-refractivity contribution in [3.05, 3.63) is 0 Å². The molecule has 88 valence electrons. The first-order valence-electron chi connectivity index (χ1n) is 6.60. The van der Waals surface area contributed by atoms with Crippen LogP contribution in [0.15, 0.2) is 0 Å². The smallest absolute Gasteiger partial charge is 0.0604 e. The van der Waals surface area contributed by atoms with Gasteiger partial charge in [0.05, 0.1) is 6.17 Å². The second-order valence-electron chi connectivity index (χ2n) is 6.17. The van der Waals surface area contributed by atoms with Crippen molar-refractivity contribution in [3.63, 3.8) is 0 Å². The standard InChI is InChI=1S/C13H26N2/c1-13(2,3)15-10-6-9-12(15)14-11-7-4-5-8-11/h11-12,14H,4-10H2,1-3H3. The maximum Gasteiger partial charge on any atom is 0.0604 e. The molecule has 1 heterocycles. The van der Waals surface area contributed by atoms with Crippen LogP contribution in [0.4, 0.5) is 0 Å². The van der Waals surface area contributed by atoms with Crippen molar-refractivity contribution in [2.24, 2.45) is 0 Å². The topological polar surface area (TPSA) is 15.3 Å². The number of hydrogen-bond donors (Lipinski definition) is 1. The molecule has 1 unspecified atom stereocenters. The van der Waals surface area contributed by atoms with E-state index in [1.165, 1.54) is 45.1 Å². The molecule has 0 aromatic carbocycles. The molecule has 2 aliphatic rings. The molecule has 1 aliphatic heterocycles. The summed E-state index contributed by atoms with van der Waals surface area (Å²) in [6.07, 6.45) is 9.01. The van der Waals surface area contributed by atoms with Gasteiger partial charge in [0.1, 0.15) is 0 Å². The van der Waals surface area contributed by atoms with Crippen molar-refractivity contribution in [3.8, 4) is 0 Å². The molecule has 0 radical (unpaired) electrons. The molecule has 0 bridgehead atoms. The van der Waals surface area contributed by atoms with Gasteiger partial charge in [0, 0.05) is 18.1 Å². The molecule has 2 heteroatoms. The second-order valence-corrected chi connectivity index (χ2v) is 6.17. The summed E-state index contributed by atoms with van der Waals surface area (Å²) in [5.74, 6) is 0. The van der Waals surface area contributed by atoms with Crippen LogP contribution in [0.5, 0.6) is 0 Å². The Labute approximate surface area is 94.4 Å². The van der Waals surface area contributed by atoms with Gasteiger partial charge in [-0.25, -0.2) is 0 Å². The van der Waals surface area contributed by atoms with Gasteiger partial charge in [0.15, 0.2) is 0 Å². The highest BCUT2D eigenvalue weighted by molar-refractivity contribution is 4.89. The number of hydrogen-bond acceptors (Lipinski definition) is 2. The Balaban J connectivity index is 1.90. The van der Waals surface area contributed by atoms with Crippen LogP contribution in [-0.4, -0.2) is 29.2 Å². The van der Waals surface area contributed by atoms with E-state index in [0.717, 1.165) is 6.04 Å². The lowest BCUT2D eigenvalue weighted by molar-refractivity contribution is 0.0945. The average molecular weight is 210 g/mol. The summed E-state index contributed by atoms with van der Waals surface area (Å²) in [7, 11) is 0. The summed E-state index contributed by atoms with van der Waals surface area (Å²) in [6.45, 7) is 8.28. The zero-order valence-corrected chi connectivity index (χ0v) is 10.6. The summed E-state index contributed by atoms with van der Waals surface area (Å²) >= 11 is 0. The summed E-state index contributed by atoms with van der Waals surface area (Å²) in [6, 6.07) is 0.804. The molecule has 0 aromatic heterocycles. The van der Waals surface area contributed by atoms with Gasteiger partial charge in [-0.3, -0.25) is 10.2 Å². The lowest BCUT2D eigenvalue weighted by Gasteiger charge is -2.38. The Morgan fingerprint density at radius 2 is 1.67 bits per heavy atom. The van der Waals surface area contributed by atoms with Gasteiger partial charge in [0.2, 0.25) is 0 Å². The minimum atomic E-state index is 0.326. The van der Waals surface area contributed by atoms with E-state index >= 15 is 0 Å². The van der Waals surface area contributed by atoms with Crippen LogP contribution in [-0.2, 0) is 0 Å². The molecule has 2 rings (SSSR count). The van der Waals surface area contributed by atoms with Gasteiger partial charge < -0.3 is 0 Å². The van der Waals surface area contributed by atoms with Crippen molar-refractivity contribution in [1.29, 1.82) is 0 Å². The number of nitrogens with zero attached hydrogens (tertiary/aromatic N) is 1. The van der Waals surface area contributed by atoms with Crippen molar-refractivity contribution in [2.45, 2.75) is 77.0 Å². The SMILES string of the molecule is CC(C)(C)N1CCCC1NC1CCCC1. The Hall–Kier alpha value is -0.0800. The zero-order valence-electron chi connectivity index (χ0n) is 10.6. The van der Waals surface area contributed by atoms with E-state index in [1.54, 1.807) is 0 Å². The van der Waals surface area contributed by atoms with Crippen LogP contribution in [0.25, 0.3) is 0 Å². The van der Waals surface area contributed by atoms with Crippen LogP contribution < -0.4 is 5.32 Å². The third-order valence-electron chi connectivity index (χ3n) is 3.90. The molecule has 0 spiro atoms. The van der Waals surface area contributed by atoms with E-state index < -0.39 is 0 Å². The molecular formula is C13H26N2. The molecular weight excluding hydrogens is 184 g/mol. The van der Waals surface area contributed by atoms with E-state index in [9.17, 15) is 0 Å². The first kappa shape index (κ1) is 11.4. The normalized spacial score (nSPS) is 30.2. The van der Waals surface area contributed by atoms with Crippen LogP contribution in [0.2, 0.25) is 0 Å². The molecule has 15 heavy (non-hydrogen) atoms. The first-order valence-corrected chi connectivity index (χ1v) is 6.60. The third-order valence-corrected chi connectivity index (χ3v) is 3.90. The second kappa shape index (κ2) is 4.42. The molecule has 1 saturated heterocycles. The Morgan fingerprint density at radius 3 is 2.27 bits per heavy atom. The molecule has 1 saturated carbocycles. The Bertz CT molecular complexity index is 201. The minimum absolute atomic E-state index is 0.326. The van der Waals surface area contributed by atoms with E-state index in [4.69, 9.17) is 0 Å². The number of likely N-dealkylation sites (tertiary alicyclic amines) is 1. The quantitative estimate of drug-likeness (QED) is 0.754. The monoisotopic (exact) mass is 210 g/mol. The van der Waals surface area contributed by atoms with Crippen LogP contribution in [0, 0.1) is 0 Å². The fourth-order valence-corrected chi connectivity index (χ4v) is 3.11. The molecule has 1 aliphatic carbocycles. The van der Waals surface area contributed by atoms with E-state index in [0.29, 0.717) is 11.7 Å².